The van der Waals surface area contributed by atoms with Crippen LogP contribution in [0.25, 0.3) is 10.3 Å². The van der Waals surface area contributed by atoms with E-state index in [1.807, 2.05) is 30.3 Å². The Kier molecular flexibility index (Phi) is 7.88. The zero-order valence-corrected chi connectivity index (χ0v) is 17.2. The number of thiazole rings is 1. The van der Waals surface area contributed by atoms with E-state index in [0.717, 1.165) is 16.9 Å². The van der Waals surface area contributed by atoms with E-state index < -0.39 is 6.04 Å². The minimum Gasteiger partial charge on any atom is -1.00 e. The second kappa shape index (κ2) is 9.67. The number of fused-ring (bicyclic) bond motifs is 1. The number of aliphatic hydroxyl groups excluding tert-OH is 2. The molecule has 0 radical (unpaired) electrons. The topological polar surface area (TPSA) is 111 Å². The van der Waals surface area contributed by atoms with Crippen molar-refractivity contribution in [2.24, 2.45) is 0 Å². The summed E-state index contributed by atoms with van der Waals surface area (Å²) in [7, 11) is 0. The number of anilines is 1. The molecule has 0 amide bonds. The van der Waals surface area contributed by atoms with E-state index in [1.54, 1.807) is 0 Å². The summed E-state index contributed by atoms with van der Waals surface area (Å²) < 4.78 is 0.580. The van der Waals surface area contributed by atoms with Gasteiger partial charge >= 0.3 is 34.4 Å². The van der Waals surface area contributed by atoms with Crippen molar-refractivity contribution in [1.29, 1.82) is 0 Å². The Labute approximate surface area is 175 Å². The van der Waals surface area contributed by atoms with Gasteiger partial charge in [-0.25, -0.2) is 9.97 Å². The largest absolute Gasteiger partial charge is 1.00 e. The molecule has 10 heteroatoms. The minimum atomic E-state index is -0.549. The second-order valence-corrected chi connectivity index (χ2v) is 6.95. The van der Waals surface area contributed by atoms with E-state index in [-0.39, 0.29) is 49.1 Å². The number of nitrogens with zero attached hydrogens (tertiary/aromatic N) is 2. The number of aliphatic hydroxyl groups is 2. The number of H-pyrrole nitrogens is 1. The van der Waals surface area contributed by atoms with Crippen molar-refractivity contribution in [3.8, 4) is 0 Å². The van der Waals surface area contributed by atoms with Crippen LogP contribution in [0.5, 0.6) is 0 Å². The summed E-state index contributed by atoms with van der Waals surface area (Å²) in [6.45, 7) is -0.485. The van der Waals surface area contributed by atoms with Gasteiger partial charge in [-0.1, -0.05) is 53.4 Å². The smallest absolute Gasteiger partial charge is 1.00 e. The molecule has 0 aliphatic carbocycles. The summed E-state index contributed by atoms with van der Waals surface area (Å²) in [4.78, 5) is 22.9. The average Bonchev–Trinajstić information content (AvgIpc) is 2.99. The number of aromatic amines is 1. The summed E-state index contributed by atoms with van der Waals surface area (Å²) in [5.74, 6) is 1.14. The number of rotatable bonds is 7. The van der Waals surface area contributed by atoms with Crippen molar-refractivity contribution < 1.29 is 41.2 Å². The van der Waals surface area contributed by atoms with Gasteiger partial charge in [0.1, 0.15) is 4.70 Å². The van der Waals surface area contributed by atoms with Gasteiger partial charge < -0.3 is 17.0 Å². The first-order valence-electron chi connectivity index (χ1n) is 7.25. The van der Waals surface area contributed by atoms with E-state index in [1.165, 1.54) is 11.8 Å². The molecule has 4 N–H and O–H groups in total. The molecular formula is C15H17N4NaO3S2. The van der Waals surface area contributed by atoms with E-state index in [2.05, 4.69) is 20.3 Å². The van der Waals surface area contributed by atoms with E-state index >= 15 is 0 Å². The Morgan fingerprint density at radius 2 is 1.96 bits per heavy atom. The number of hydrogen-bond acceptors (Lipinski definition) is 8. The van der Waals surface area contributed by atoms with Gasteiger partial charge in [-0.2, -0.15) is 0 Å². The van der Waals surface area contributed by atoms with Crippen molar-refractivity contribution in [3.05, 3.63) is 45.6 Å². The maximum Gasteiger partial charge on any atom is 1.00 e. The molecule has 0 aliphatic rings. The first-order valence-corrected chi connectivity index (χ1v) is 9.05. The maximum atomic E-state index is 11.6. The summed E-state index contributed by atoms with van der Waals surface area (Å²) in [6.07, 6.45) is 0. The molecule has 2 aromatic heterocycles. The summed E-state index contributed by atoms with van der Waals surface area (Å²) >= 11 is 2.44. The third-order valence-electron chi connectivity index (χ3n) is 3.25. The summed E-state index contributed by atoms with van der Waals surface area (Å²) in [6, 6.07) is 9.38. The van der Waals surface area contributed by atoms with Crippen LogP contribution >= 0.6 is 23.1 Å². The van der Waals surface area contributed by atoms with E-state index in [0.29, 0.717) is 27.1 Å². The number of aromatic nitrogens is 3. The Morgan fingerprint density at radius 1 is 1.24 bits per heavy atom. The zero-order valence-electron chi connectivity index (χ0n) is 14.6. The zero-order chi connectivity index (χ0) is 16.9. The molecular weight excluding hydrogens is 371 g/mol. The van der Waals surface area contributed by atoms with Gasteiger partial charge in [-0.3, -0.25) is 9.78 Å². The first-order chi connectivity index (χ1) is 11.7. The molecule has 0 bridgehead atoms. The molecule has 3 aromatic rings. The van der Waals surface area contributed by atoms with Crippen LogP contribution in [-0.2, 0) is 5.75 Å². The van der Waals surface area contributed by atoms with E-state index in [9.17, 15) is 15.0 Å². The number of hydrogen-bond donors (Lipinski definition) is 4. The van der Waals surface area contributed by atoms with Crippen LogP contribution in [0.4, 0.5) is 5.82 Å². The van der Waals surface area contributed by atoms with Crippen LogP contribution in [0.2, 0.25) is 0 Å². The van der Waals surface area contributed by atoms with Crippen molar-refractivity contribution >= 4 is 39.3 Å². The SMILES string of the molecule is O=c1[nH]c2nc(SCc3ccccc3)nc(NC(CO)CO)c2s1.[H-].[Na+]. The van der Waals surface area contributed by atoms with Crippen LogP contribution < -0.4 is 39.7 Å². The molecule has 2 heterocycles. The van der Waals surface area contributed by atoms with Crippen LogP contribution in [0.1, 0.15) is 6.99 Å². The molecule has 128 valence electrons. The summed E-state index contributed by atoms with van der Waals surface area (Å²) in [5, 5.41) is 22.0. The van der Waals surface area contributed by atoms with Crippen LogP contribution in [0.15, 0.2) is 40.3 Å². The molecule has 1 aromatic carbocycles. The van der Waals surface area contributed by atoms with Gasteiger partial charge in [0.2, 0.25) is 0 Å². The Morgan fingerprint density at radius 3 is 2.64 bits per heavy atom. The van der Waals surface area contributed by atoms with Crippen LogP contribution in [0.3, 0.4) is 0 Å². The van der Waals surface area contributed by atoms with E-state index in [4.69, 9.17) is 0 Å². The predicted octanol–water partition coefficient (Wildman–Crippen LogP) is -1.45. The fourth-order valence-electron chi connectivity index (χ4n) is 2.05. The Balaban J connectivity index is 0.00000169. The molecule has 0 saturated carbocycles. The Hall–Kier alpha value is -0.940. The van der Waals surface area contributed by atoms with Crippen LogP contribution in [-0.4, -0.2) is 44.4 Å². The molecule has 0 saturated heterocycles. The van der Waals surface area contributed by atoms with Gasteiger partial charge in [0.15, 0.2) is 16.6 Å². The molecule has 0 unspecified atom stereocenters. The third-order valence-corrected chi connectivity index (χ3v) is 5.05. The van der Waals surface area contributed by atoms with Gasteiger partial charge in [0.05, 0.1) is 19.3 Å². The summed E-state index contributed by atoms with van der Waals surface area (Å²) in [5.41, 5.74) is 1.59. The molecule has 3 rings (SSSR count). The molecule has 0 aliphatic heterocycles. The van der Waals surface area contributed by atoms with Gasteiger partial charge in [0, 0.05) is 5.75 Å². The Bertz CT molecular complexity index is 874. The monoisotopic (exact) mass is 388 g/mol. The molecule has 0 fully saturated rings. The fourth-order valence-corrected chi connectivity index (χ4v) is 3.58. The van der Waals surface area contributed by atoms with Crippen molar-refractivity contribution in [1.82, 2.24) is 15.0 Å². The fraction of sp³-hybridized carbons (Fsp3) is 0.267. The van der Waals surface area contributed by atoms with Crippen molar-refractivity contribution in [2.75, 3.05) is 18.5 Å². The third kappa shape index (κ3) is 5.27. The van der Waals surface area contributed by atoms with Gasteiger partial charge in [-0.05, 0) is 5.56 Å². The minimum absolute atomic E-state index is 0. The maximum absolute atomic E-state index is 11.6. The normalized spacial score (nSPS) is 10.8. The molecule has 7 nitrogen and oxygen atoms in total. The van der Waals surface area contributed by atoms with Crippen molar-refractivity contribution in [2.45, 2.75) is 17.0 Å². The van der Waals surface area contributed by atoms with Gasteiger partial charge in [-0.15, -0.1) is 0 Å². The molecule has 0 spiro atoms. The standard InChI is InChI=1S/C15H16N4O3S2.Na.H/c20-6-10(7-21)16-12-11-13(19-15(22)24-11)18-14(17-12)23-8-9-4-2-1-3-5-9;;/h1-5,10,20-21H,6-8H2,(H2,16,17,18,19,22);;/q;+1;-1. The first kappa shape index (κ1) is 20.4. The van der Waals surface area contributed by atoms with Crippen molar-refractivity contribution in [3.63, 3.8) is 0 Å². The number of nitrogens with one attached hydrogen (secondary N) is 2. The number of thioether (sulfide) groups is 1. The predicted molar refractivity (Wildman–Crippen MR) is 96.7 cm³/mol. The van der Waals surface area contributed by atoms with Gasteiger partial charge in [0.25, 0.3) is 0 Å². The number of benzene rings is 1. The molecule has 0 atom stereocenters. The molecule has 25 heavy (non-hydrogen) atoms. The van der Waals surface area contributed by atoms with Crippen LogP contribution in [0, 0.1) is 0 Å². The average molecular weight is 388 g/mol. The quantitative estimate of drug-likeness (QED) is 0.223. The second-order valence-electron chi connectivity index (χ2n) is 5.03.